The maximum atomic E-state index is 12.7. The van der Waals surface area contributed by atoms with Gasteiger partial charge in [0.1, 0.15) is 5.75 Å². The van der Waals surface area contributed by atoms with Gasteiger partial charge in [0.2, 0.25) is 0 Å². The molecule has 4 rings (SSSR count). The predicted octanol–water partition coefficient (Wildman–Crippen LogP) is 5.08. The molecule has 29 heavy (non-hydrogen) atoms. The van der Waals surface area contributed by atoms with E-state index in [9.17, 15) is 18.3 Å². The Morgan fingerprint density at radius 3 is 2.55 bits per heavy atom. The van der Waals surface area contributed by atoms with Crippen molar-refractivity contribution >= 4 is 11.6 Å². The molecule has 0 saturated heterocycles. The second-order valence-electron chi connectivity index (χ2n) is 6.98. The fourth-order valence-corrected chi connectivity index (χ4v) is 3.60. The van der Waals surface area contributed by atoms with Crippen molar-refractivity contribution < 1.29 is 18.3 Å². The Kier molecular flexibility index (Phi) is 5.19. The third-order valence-corrected chi connectivity index (χ3v) is 5.27. The highest BCUT2D eigenvalue weighted by atomic mass is 35.5. The van der Waals surface area contributed by atoms with E-state index >= 15 is 0 Å². The lowest BCUT2D eigenvalue weighted by atomic mass is 10.1. The number of alkyl halides is 3. The van der Waals surface area contributed by atoms with E-state index in [-0.39, 0.29) is 5.75 Å². The van der Waals surface area contributed by atoms with Gasteiger partial charge in [-0.15, -0.1) is 0 Å². The van der Waals surface area contributed by atoms with Crippen molar-refractivity contribution in [3.63, 3.8) is 0 Å². The van der Waals surface area contributed by atoms with Crippen molar-refractivity contribution in [1.82, 2.24) is 14.9 Å². The summed E-state index contributed by atoms with van der Waals surface area (Å²) in [6.45, 7) is 2.06. The van der Waals surface area contributed by atoms with Crippen LogP contribution in [0.5, 0.6) is 5.75 Å². The van der Waals surface area contributed by atoms with Crippen LogP contribution in [0.2, 0.25) is 5.02 Å². The monoisotopic (exact) mass is 419 g/mol. The maximum absolute atomic E-state index is 12.7. The zero-order valence-corrected chi connectivity index (χ0v) is 16.0. The highest BCUT2D eigenvalue weighted by Crippen LogP contribution is 2.31. The molecule has 4 nitrogen and oxygen atoms in total. The number of hydrogen-bond acceptors (Lipinski definition) is 4. The Balaban J connectivity index is 1.50. The molecule has 150 valence electrons. The maximum Gasteiger partial charge on any atom is 0.416 e. The number of phenolic OH excluding ortho intramolecular Hbond substituents is 1. The molecule has 1 aliphatic heterocycles. The third kappa shape index (κ3) is 4.36. The fraction of sp³-hybridized carbons (Fsp3) is 0.238. The molecular weight excluding hydrogens is 403 g/mol. The highest BCUT2D eigenvalue weighted by Gasteiger charge is 2.30. The molecule has 0 spiro atoms. The molecule has 0 bridgehead atoms. The van der Waals surface area contributed by atoms with Crippen molar-refractivity contribution in [2.75, 3.05) is 6.54 Å². The number of fused-ring (bicyclic) bond motifs is 1. The zero-order chi connectivity index (χ0) is 20.6. The van der Waals surface area contributed by atoms with Crippen LogP contribution in [0.25, 0.3) is 11.4 Å². The number of aromatic hydroxyl groups is 1. The first-order valence-corrected chi connectivity index (χ1v) is 9.39. The first kappa shape index (κ1) is 19.7. The number of hydrogen-bond donors (Lipinski definition) is 1. The minimum absolute atomic E-state index is 0.131. The van der Waals surface area contributed by atoms with Crippen LogP contribution in [0.15, 0.2) is 48.7 Å². The fourth-order valence-electron chi connectivity index (χ4n) is 3.36. The summed E-state index contributed by atoms with van der Waals surface area (Å²) in [6.07, 6.45) is -1.92. The van der Waals surface area contributed by atoms with Crippen LogP contribution in [-0.4, -0.2) is 26.5 Å². The van der Waals surface area contributed by atoms with Gasteiger partial charge in [0.25, 0.3) is 0 Å². The standard InChI is InChI=1S/C21H17ClF3N3O/c22-18-9-17(29)6-3-14(18)11-28-8-7-19-15(12-28)10-26-20(27-19)13-1-4-16(5-2-13)21(23,24)25/h1-6,9-10,29H,7-8,11-12H2. The molecule has 1 N–H and O–H groups in total. The Morgan fingerprint density at radius 2 is 1.86 bits per heavy atom. The molecule has 0 saturated carbocycles. The number of rotatable bonds is 3. The van der Waals surface area contributed by atoms with Gasteiger partial charge in [0.15, 0.2) is 5.82 Å². The van der Waals surface area contributed by atoms with Crippen molar-refractivity contribution in [3.05, 3.63) is 76.1 Å². The third-order valence-electron chi connectivity index (χ3n) is 4.91. The SMILES string of the molecule is Oc1ccc(CN2CCc3nc(-c4ccc(C(F)(F)F)cc4)ncc3C2)c(Cl)c1. The lowest BCUT2D eigenvalue weighted by Gasteiger charge is -2.28. The van der Waals surface area contributed by atoms with Gasteiger partial charge in [-0.25, -0.2) is 9.97 Å². The molecule has 1 aliphatic rings. The van der Waals surface area contributed by atoms with E-state index in [1.165, 1.54) is 18.2 Å². The van der Waals surface area contributed by atoms with Crippen molar-refractivity contribution in [2.24, 2.45) is 0 Å². The van der Waals surface area contributed by atoms with Crippen LogP contribution in [0, 0.1) is 0 Å². The molecule has 0 amide bonds. The average Bonchev–Trinajstić information content (AvgIpc) is 2.69. The second-order valence-corrected chi connectivity index (χ2v) is 7.38. The molecule has 2 heterocycles. The van der Waals surface area contributed by atoms with Gasteiger partial charge in [-0.05, 0) is 29.8 Å². The summed E-state index contributed by atoms with van der Waals surface area (Å²) in [7, 11) is 0. The van der Waals surface area contributed by atoms with Crippen LogP contribution in [0.1, 0.15) is 22.4 Å². The molecule has 0 fully saturated rings. The smallest absolute Gasteiger partial charge is 0.416 e. The predicted molar refractivity (Wildman–Crippen MR) is 103 cm³/mol. The average molecular weight is 420 g/mol. The van der Waals surface area contributed by atoms with Crippen LogP contribution in [0.3, 0.4) is 0 Å². The molecule has 0 aliphatic carbocycles. The Morgan fingerprint density at radius 1 is 1.10 bits per heavy atom. The van der Waals surface area contributed by atoms with E-state index in [4.69, 9.17) is 11.6 Å². The number of aromatic nitrogens is 2. The summed E-state index contributed by atoms with van der Waals surface area (Å²) < 4.78 is 38.2. The summed E-state index contributed by atoms with van der Waals surface area (Å²) in [6, 6.07) is 9.81. The van der Waals surface area contributed by atoms with Gasteiger partial charge in [-0.1, -0.05) is 29.8 Å². The molecule has 8 heteroatoms. The van der Waals surface area contributed by atoms with E-state index in [0.29, 0.717) is 35.9 Å². The van der Waals surface area contributed by atoms with Gasteiger partial charge in [0.05, 0.1) is 11.3 Å². The molecule has 0 unspecified atom stereocenters. The topological polar surface area (TPSA) is 49.2 Å². The number of phenols is 1. The quantitative estimate of drug-likeness (QED) is 0.643. The van der Waals surface area contributed by atoms with Crippen LogP contribution >= 0.6 is 11.6 Å². The van der Waals surface area contributed by atoms with E-state index < -0.39 is 11.7 Å². The Bertz CT molecular complexity index is 1040. The van der Waals surface area contributed by atoms with Gasteiger partial charge >= 0.3 is 6.18 Å². The number of benzene rings is 2. The summed E-state index contributed by atoms with van der Waals surface area (Å²) in [5.41, 5.74) is 2.68. The van der Waals surface area contributed by atoms with E-state index in [0.717, 1.165) is 35.5 Å². The largest absolute Gasteiger partial charge is 0.508 e. The molecule has 0 atom stereocenters. The van der Waals surface area contributed by atoms with Gasteiger partial charge in [-0.2, -0.15) is 13.2 Å². The number of nitrogens with zero attached hydrogens (tertiary/aromatic N) is 3. The van der Waals surface area contributed by atoms with Crippen LogP contribution in [0.4, 0.5) is 13.2 Å². The lowest BCUT2D eigenvalue weighted by molar-refractivity contribution is -0.137. The highest BCUT2D eigenvalue weighted by molar-refractivity contribution is 6.31. The van der Waals surface area contributed by atoms with Gasteiger partial charge < -0.3 is 5.11 Å². The van der Waals surface area contributed by atoms with E-state index in [2.05, 4.69) is 14.9 Å². The van der Waals surface area contributed by atoms with Crippen molar-refractivity contribution in [1.29, 1.82) is 0 Å². The summed E-state index contributed by atoms with van der Waals surface area (Å²) in [5, 5.41) is 10.00. The first-order chi connectivity index (χ1) is 13.8. The second kappa shape index (κ2) is 7.65. The molecule has 3 aromatic rings. The zero-order valence-electron chi connectivity index (χ0n) is 15.2. The van der Waals surface area contributed by atoms with Crippen LogP contribution in [-0.2, 0) is 25.7 Å². The van der Waals surface area contributed by atoms with Gasteiger partial charge in [-0.3, -0.25) is 4.90 Å². The summed E-state index contributed by atoms with van der Waals surface area (Å²) in [4.78, 5) is 11.1. The molecule has 1 aromatic heterocycles. The summed E-state index contributed by atoms with van der Waals surface area (Å²) in [5.74, 6) is 0.555. The summed E-state index contributed by atoms with van der Waals surface area (Å²) >= 11 is 6.20. The van der Waals surface area contributed by atoms with Crippen molar-refractivity contribution in [2.45, 2.75) is 25.7 Å². The first-order valence-electron chi connectivity index (χ1n) is 9.02. The minimum Gasteiger partial charge on any atom is -0.508 e. The lowest BCUT2D eigenvalue weighted by Crippen LogP contribution is -2.31. The van der Waals surface area contributed by atoms with Crippen molar-refractivity contribution in [3.8, 4) is 17.1 Å². The van der Waals surface area contributed by atoms with E-state index in [1.54, 1.807) is 18.3 Å². The Labute approximate surface area is 170 Å². The number of halogens is 4. The molecule has 0 radical (unpaired) electrons. The van der Waals surface area contributed by atoms with E-state index in [1.807, 2.05) is 0 Å². The minimum atomic E-state index is -4.36. The molecule has 2 aromatic carbocycles. The van der Waals surface area contributed by atoms with Crippen LogP contribution < -0.4 is 0 Å². The molecular formula is C21H17ClF3N3O. The normalized spacial score (nSPS) is 14.6. The van der Waals surface area contributed by atoms with Gasteiger partial charge in [0, 0.05) is 48.4 Å². The Hall–Kier alpha value is -2.64.